The topological polar surface area (TPSA) is 12.9 Å². The number of aromatic nitrogens is 1. The van der Waals surface area contributed by atoms with Crippen LogP contribution in [0.15, 0.2) is 5.38 Å². The van der Waals surface area contributed by atoms with Gasteiger partial charge in [-0.15, -0.1) is 22.9 Å². The molecule has 1 heterocycles. The lowest BCUT2D eigenvalue weighted by Gasteiger charge is -2.24. The molecule has 1 unspecified atom stereocenters. The molecule has 1 nitrogen and oxygen atoms in total. The minimum Gasteiger partial charge on any atom is -0.246 e. The lowest BCUT2D eigenvalue weighted by molar-refractivity contribution is 0.330. The van der Waals surface area contributed by atoms with Crippen LogP contribution in [0.5, 0.6) is 0 Å². The molecule has 17 heavy (non-hydrogen) atoms. The van der Waals surface area contributed by atoms with Crippen LogP contribution in [0.1, 0.15) is 58.7 Å². The van der Waals surface area contributed by atoms with Crippen LogP contribution in [0.2, 0.25) is 0 Å². The maximum atomic E-state index is 6.09. The molecule has 3 heteroatoms. The number of alkyl halides is 1. The Bertz CT molecular complexity index is 361. The smallest absolute Gasteiger partial charge is 0.0933 e. The number of hydrogen-bond acceptors (Lipinski definition) is 2. The normalized spacial score (nSPS) is 15.0. The fraction of sp³-hybridized carbons (Fsp3) is 0.786. The van der Waals surface area contributed by atoms with Gasteiger partial charge < -0.3 is 0 Å². The summed E-state index contributed by atoms with van der Waals surface area (Å²) in [6.45, 7) is 13.2. The van der Waals surface area contributed by atoms with E-state index in [0.29, 0.717) is 0 Å². The number of hydrogen-bond donors (Lipinski definition) is 0. The summed E-state index contributed by atoms with van der Waals surface area (Å²) in [5.74, 6) is 0. The van der Waals surface area contributed by atoms with Crippen LogP contribution in [0, 0.1) is 5.41 Å². The SMILES string of the molecule is CC(Cl)CC(C)(C)Cc1nc(C(C)(C)C)cs1. The number of halogens is 1. The van der Waals surface area contributed by atoms with E-state index < -0.39 is 0 Å². The van der Waals surface area contributed by atoms with Gasteiger partial charge in [-0.2, -0.15) is 0 Å². The molecule has 0 amide bonds. The van der Waals surface area contributed by atoms with Crippen molar-refractivity contribution in [1.82, 2.24) is 4.98 Å². The first-order valence-electron chi connectivity index (χ1n) is 6.19. The van der Waals surface area contributed by atoms with E-state index in [-0.39, 0.29) is 16.2 Å². The second-order valence-electron chi connectivity index (χ2n) is 6.70. The maximum Gasteiger partial charge on any atom is 0.0933 e. The van der Waals surface area contributed by atoms with Gasteiger partial charge in [0.2, 0.25) is 0 Å². The second-order valence-corrected chi connectivity index (χ2v) is 8.39. The summed E-state index contributed by atoms with van der Waals surface area (Å²) < 4.78 is 0. The third-order valence-corrected chi connectivity index (χ3v) is 3.79. The molecule has 1 rings (SSSR count). The Balaban J connectivity index is 2.72. The highest BCUT2D eigenvalue weighted by Gasteiger charge is 2.24. The summed E-state index contributed by atoms with van der Waals surface area (Å²) in [6.07, 6.45) is 2.05. The van der Waals surface area contributed by atoms with E-state index in [2.05, 4.69) is 46.9 Å². The van der Waals surface area contributed by atoms with Gasteiger partial charge >= 0.3 is 0 Å². The highest BCUT2D eigenvalue weighted by molar-refractivity contribution is 7.09. The molecule has 0 bridgehead atoms. The van der Waals surface area contributed by atoms with Gasteiger partial charge in [0.1, 0.15) is 0 Å². The first-order valence-corrected chi connectivity index (χ1v) is 7.51. The minimum atomic E-state index is 0.151. The highest BCUT2D eigenvalue weighted by atomic mass is 35.5. The summed E-state index contributed by atoms with van der Waals surface area (Å²) >= 11 is 7.87. The van der Waals surface area contributed by atoms with Crippen LogP contribution < -0.4 is 0 Å². The number of thiazole rings is 1. The second kappa shape index (κ2) is 5.27. The van der Waals surface area contributed by atoms with E-state index >= 15 is 0 Å². The van der Waals surface area contributed by atoms with Crippen molar-refractivity contribution >= 4 is 22.9 Å². The fourth-order valence-electron chi connectivity index (χ4n) is 1.98. The molecule has 1 atom stereocenters. The van der Waals surface area contributed by atoms with Crippen molar-refractivity contribution in [1.29, 1.82) is 0 Å². The molecule has 0 aliphatic carbocycles. The first-order chi connectivity index (χ1) is 7.60. The molecule has 0 aliphatic rings. The molecule has 1 aromatic heterocycles. The highest BCUT2D eigenvalue weighted by Crippen LogP contribution is 2.32. The lowest BCUT2D eigenvalue weighted by atomic mass is 9.84. The zero-order chi connectivity index (χ0) is 13.3. The lowest BCUT2D eigenvalue weighted by Crippen LogP contribution is -2.19. The molecular weight excluding hydrogens is 250 g/mol. The standard InChI is InChI=1S/C14H24ClNS/c1-10(15)7-14(5,6)8-12-16-11(9-17-12)13(2,3)4/h9-10H,7-8H2,1-6H3. The Kier molecular flexibility index (Phi) is 4.65. The van der Waals surface area contributed by atoms with Gasteiger partial charge in [0.05, 0.1) is 10.7 Å². The van der Waals surface area contributed by atoms with Crippen LogP contribution in [-0.2, 0) is 11.8 Å². The van der Waals surface area contributed by atoms with Crippen molar-refractivity contribution in [2.45, 2.75) is 65.2 Å². The molecule has 0 N–H and O–H groups in total. The molecule has 0 fully saturated rings. The van der Waals surface area contributed by atoms with Crippen LogP contribution >= 0.6 is 22.9 Å². The Morgan fingerprint density at radius 3 is 2.29 bits per heavy atom. The van der Waals surface area contributed by atoms with Gasteiger partial charge in [-0.25, -0.2) is 4.98 Å². The van der Waals surface area contributed by atoms with Gasteiger partial charge in [-0.05, 0) is 18.8 Å². The van der Waals surface area contributed by atoms with Crippen LogP contribution in [0.4, 0.5) is 0 Å². The van der Waals surface area contributed by atoms with Gasteiger partial charge in [0.25, 0.3) is 0 Å². The van der Waals surface area contributed by atoms with Crippen molar-refractivity contribution in [2.75, 3.05) is 0 Å². The Morgan fingerprint density at radius 2 is 1.88 bits per heavy atom. The summed E-state index contributed by atoms with van der Waals surface area (Å²) in [5.41, 5.74) is 1.58. The maximum absolute atomic E-state index is 6.09. The largest absolute Gasteiger partial charge is 0.246 e. The molecule has 0 saturated carbocycles. The van der Waals surface area contributed by atoms with E-state index in [1.54, 1.807) is 11.3 Å². The fourth-order valence-corrected chi connectivity index (χ4v) is 3.68. The van der Waals surface area contributed by atoms with Crippen molar-refractivity contribution in [3.63, 3.8) is 0 Å². The molecule has 0 saturated heterocycles. The number of rotatable bonds is 4. The molecule has 0 aromatic carbocycles. The average Bonchev–Trinajstić information content (AvgIpc) is 2.47. The summed E-state index contributed by atoms with van der Waals surface area (Å²) in [5, 5.41) is 3.65. The Labute approximate surface area is 115 Å². The van der Waals surface area contributed by atoms with E-state index in [1.807, 2.05) is 0 Å². The Hall–Kier alpha value is -0.0800. The third-order valence-electron chi connectivity index (χ3n) is 2.78. The third kappa shape index (κ3) is 4.97. The zero-order valence-electron chi connectivity index (χ0n) is 11.8. The quantitative estimate of drug-likeness (QED) is 0.702. The minimum absolute atomic E-state index is 0.151. The summed E-state index contributed by atoms with van der Waals surface area (Å²) in [4.78, 5) is 4.75. The van der Waals surface area contributed by atoms with E-state index in [1.165, 1.54) is 10.7 Å². The van der Waals surface area contributed by atoms with E-state index in [0.717, 1.165) is 12.8 Å². The van der Waals surface area contributed by atoms with E-state index in [4.69, 9.17) is 16.6 Å². The van der Waals surface area contributed by atoms with Crippen LogP contribution in [0.3, 0.4) is 0 Å². The van der Waals surface area contributed by atoms with Gasteiger partial charge in [0.15, 0.2) is 0 Å². The Morgan fingerprint density at radius 1 is 1.29 bits per heavy atom. The van der Waals surface area contributed by atoms with Crippen LogP contribution in [0.25, 0.3) is 0 Å². The monoisotopic (exact) mass is 273 g/mol. The molecule has 1 aromatic rings. The van der Waals surface area contributed by atoms with Crippen LogP contribution in [-0.4, -0.2) is 10.4 Å². The zero-order valence-corrected chi connectivity index (χ0v) is 13.4. The van der Waals surface area contributed by atoms with Crippen molar-refractivity contribution in [3.05, 3.63) is 16.1 Å². The molecule has 0 radical (unpaired) electrons. The van der Waals surface area contributed by atoms with Crippen molar-refractivity contribution in [2.24, 2.45) is 5.41 Å². The predicted molar refractivity (Wildman–Crippen MR) is 78.2 cm³/mol. The van der Waals surface area contributed by atoms with Gasteiger partial charge in [-0.3, -0.25) is 0 Å². The van der Waals surface area contributed by atoms with Crippen molar-refractivity contribution < 1.29 is 0 Å². The number of nitrogens with zero attached hydrogens (tertiary/aromatic N) is 1. The predicted octanol–water partition coefficient (Wildman–Crippen LogP) is 5.03. The molecule has 0 aliphatic heterocycles. The van der Waals surface area contributed by atoms with E-state index in [9.17, 15) is 0 Å². The first kappa shape index (κ1) is 15.0. The molecule has 98 valence electrons. The summed E-state index contributed by atoms with van der Waals surface area (Å²) in [7, 11) is 0. The van der Waals surface area contributed by atoms with Crippen molar-refractivity contribution in [3.8, 4) is 0 Å². The van der Waals surface area contributed by atoms with Gasteiger partial charge in [0, 0.05) is 22.6 Å². The molecule has 0 spiro atoms. The average molecular weight is 274 g/mol. The van der Waals surface area contributed by atoms with Gasteiger partial charge in [-0.1, -0.05) is 34.6 Å². The summed E-state index contributed by atoms with van der Waals surface area (Å²) in [6, 6.07) is 0. The molecular formula is C14H24ClNS.